The number of fused-ring (bicyclic) bond motifs is 6. The molecule has 36 heavy (non-hydrogen) atoms. The van der Waals surface area contributed by atoms with Crippen LogP contribution >= 0.6 is 0 Å². The molecule has 4 aromatic rings. The van der Waals surface area contributed by atoms with Crippen LogP contribution in [0.3, 0.4) is 0 Å². The van der Waals surface area contributed by atoms with Crippen molar-refractivity contribution in [3.05, 3.63) is 113 Å². The van der Waals surface area contributed by atoms with E-state index in [4.69, 9.17) is 23.7 Å². The minimum Gasteiger partial charge on any atom is -0.497 e. The molecule has 2 aliphatic rings. The summed E-state index contributed by atoms with van der Waals surface area (Å²) in [5.74, 6) is 0.916. The number of methoxy groups -OCH3 is 2. The summed E-state index contributed by atoms with van der Waals surface area (Å²) < 4.78 is 29.1. The third kappa shape index (κ3) is 3.13. The average Bonchev–Trinajstić information content (AvgIpc) is 3.21. The fourth-order valence-corrected chi connectivity index (χ4v) is 4.76. The molecule has 0 amide bonds. The normalized spacial score (nSPS) is 16.8. The van der Waals surface area contributed by atoms with Gasteiger partial charge in [0, 0.05) is 23.3 Å². The molecular formula is C29H20O7. The van der Waals surface area contributed by atoms with Gasteiger partial charge in [-0.1, -0.05) is 36.4 Å². The van der Waals surface area contributed by atoms with Gasteiger partial charge in [0.2, 0.25) is 0 Å². The minimum absolute atomic E-state index is 0.172. The molecule has 2 heterocycles. The molecule has 0 saturated heterocycles. The Labute approximate surface area is 206 Å². The van der Waals surface area contributed by atoms with Crippen LogP contribution in [0.1, 0.15) is 37.4 Å². The Morgan fingerprint density at radius 1 is 0.750 bits per heavy atom. The monoisotopic (exact) mass is 480 g/mol. The lowest BCUT2D eigenvalue weighted by Crippen LogP contribution is -2.33. The van der Waals surface area contributed by atoms with E-state index in [1.807, 2.05) is 24.3 Å². The molecule has 178 valence electrons. The smallest absolute Gasteiger partial charge is 0.343 e. The summed E-state index contributed by atoms with van der Waals surface area (Å²) in [4.78, 5) is 25.9. The van der Waals surface area contributed by atoms with Gasteiger partial charge in [0.25, 0.3) is 0 Å². The largest absolute Gasteiger partial charge is 0.497 e. The Hall–Kier alpha value is -4.78. The maximum absolute atomic E-state index is 13.1. The van der Waals surface area contributed by atoms with E-state index in [-0.39, 0.29) is 11.5 Å². The molecule has 0 radical (unpaired) electrons. The van der Waals surface area contributed by atoms with Crippen molar-refractivity contribution in [2.45, 2.75) is 5.60 Å². The summed E-state index contributed by atoms with van der Waals surface area (Å²) in [5, 5.41) is 0. The Bertz CT molecular complexity index is 1530. The Morgan fingerprint density at radius 3 is 2.28 bits per heavy atom. The van der Waals surface area contributed by atoms with Crippen LogP contribution in [0, 0.1) is 0 Å². The molecule has 6 rings (SSSR count). The minimum atomic E-state index is -1.32. The molecule has 1 atom stereocenters. The van der Waals surface area contributed by atoms with Crippen molar-refractivity contribution in [3.63, 3.8) is 0 Å². The molecular weight excluding hydrogens is 460 g/mol. The van der Waals surface area contributed by atoms with E-state index in [0.29, 0.717) is 45.1 Å². The third-order valence-electron chi connectivity index (χ3n) is 6.42. The second-order valence-electron chi connectivity index (χ2n) is 8.34. The van der Waals surface area contributed by atoms with Gasteiger partial charge in [0.1, 0.15) is 17.2 Å². The predicted octanol–water partition coefficient (Wildman–Crippen LogP) is 5.49. The van der Waals surface area contributed by atoms with Gasteiger partial charge < -0.3 is 23.7 Å². The van der Waals surface area contributed by atoms with Crippen LogP contribution < -0.4 is 18.9 Å². The van der Waals surface area contributed by atoms with Crippen molar-refractivity contribution < 1.29 is 33.3 Å². The number of hydrogen-bond donors (Lipinski definition) is 0. The Balaban J connectivity index is 1.57. The number of esters is 2. The molecule has 4 aromatic carbocycles. The molecule has 0 saturated carbocycles. The Kier molecular flexibility index (Phi) is 4.93. The van der Waals surface area contributed by atoms with Crippen molar-refractivity contribution in [2.75, 3.05) is 14.2 Å². The number of ether oxygens (including phenoxy) is 5. The highest BCUT2D eigenvalue weighted by Crippen LogP contribution is 2.58. The Morgan fingerprint density at radius 2 is 1.50 bits per heavy atom. The van der Waals surface area contributed by atoms with Crippen LogP contribution in [-0.2, 0) is 10.3 Å². The van der Waals surface area contributed by atoms with Crippen LogP contribution in [0.15, 0.2) is 84.9 Å². The second-order valence-corrected chi connectivity index (χ2v) is 8.34. The fourth-order valence-electron chi connectivity index (χ4n) is 4.76. The van der Waals surface area contributed by atoms with E-state index < -0.39 is 17.5 Å². The van der Waals surface area contributed by atoms with Gasteiger partial charge in [-0.15, -0.1) is 0 Å². The summed E-state index contributed by atoms with van der Waals surface area (Å²) in [5.41, 5.74) is 1.32. The molecule has 0 bridgehead atoms. The van der Waals surface area contributed by atoms with Crippen LogP contribution in [0.5, 0.6) is 28.7 Å². The van der Waals surface area contributed by atoms with Crippen molar-refractivity contribution in [3.8, 4) is 28.7 Å². The first-order chi connectivity index (χ1) is 17.5. The summed E-state index contributed by atoms with van der Waals surface area (Å²) in [7, 11) is 3.04. The van der Waals surface area contributed by atoms with E-state index in [0.717, 1.165) is 0 Å². The first-order valence-corrected chi connectivity index (χ1v) is 11.2. The third-order valence-corrected chi connectivity index (χ3v) is 6.42. The van der Waals surface area contributed by atoms with Gasteiger partial charge in [-0.3, -0.25) is 0 Å². The molecule has 7 heteroatoms. The molecule has 0 fully saturated rings. The van der Waals surface area contributed by atoms with Gasteiger partial charge in [-0.25, -0.2) is 9.59 Å². The predicted molar refractivity (Wildman–Crippen MR) is 129 cm³/mol. The van der Waals surface area contributed by atoms with E-state index >= 15 is 0 Å². The summed E-state index contributed by atoms with van der Waals surface area (Å²) in [6, 6.07) is 24.5. The standard InChI is InChI=1S/C29H20O7/c1-32-18-12-13-21-23(14-18)34-24-16-25(33-2)26(35-27(30)17-8-4-3-5-9-17)15-22(24)29(21)20-11-7-6-10-19(20)28(31)36-29/h3-16H,1-2H3. The number of carbonyl (C=O) groups excluding carboxylic acids is 2. The van der Waals surface area contributed by atoms with Crippen LogP contribution in [-0.4, -0.2) is 26.2 Å². The summed E-state index contributed by atoms with van der Waals surface area (Å²) >= 11 is 0. The van der Waals surface area contributed by atoms with E-state index in [1.165, 1.54) is 7.11 Å². The highest BCUT2D eigenvalue weighted by Gasteiger charge is 2.54. The molecule has 0 aliphatic carbocycles. The van der Waals surface area contributed by atoms with Crippen LogP contribution in [0.2, 0.25) is 0 Å². The molecule has 0 aromatic heterocycles. The maximum atomic E-state index is 13.1. The fraction of sp³-hybridized carbons (Fsp3) is 0.103. The lowest BCUT2D eigenvalue weighted by molar-refractivity contribution is 0.0222. The number of rotatable bonds is 4. The van der Waals surface area contributed by atoms with Crippen molar-refractivity contribution in [1.29, 1.82) is 0 Å². The van der Waals surface area contributed by atoms with Gasteiger partial charge in [-0.05, 0) is 36.4 Å². The summed E-state index contributed by atoms with van der Waals surface area (Å²) in [6.07, 6.45) is 0. The molecule has 1 spiro atoms. The first-order valence-electron chi connectivity index (χ1n) is 11.2. The van der Waals surface area contributed by atoms with Crippen molar-refractivity contribution in [2.24, 2.45) is 0 Å². The molecule has 7 nitrogen and oxygen atoms in total. The van der Waals surface area contributed by atoms with Crippen LogP contribution in [0.4, 0.5) is 0 Å². The lowest BCUT2D eigenvalue weighted by Gasteiger charge is -2.37. The SMILES string of the molecule is COc1ccc2c(c1)Oc1cc(OC)c(OC(=O)c3ccccc3)cc1C21OC(=O)c2ccccc21. The zero-order valence-electron chi connectivity index (χ0n) is 19.4. The van der Waals surface area contributed by atoms with Crippen molar-refractivity contribution >= 4 is 11.9 Å². The van der Waals surface area contributed by atoms with Gasteiger partial charge in [0.05, 0.1) is 30.9 Å². The zero-order valence-corrected chi connectivity index (χ0v) is 19.4. The van der Waals surface area contributed by atoms with Gasteiger partial charge in [-0.2, -0.15) is 0 Å². The molecule has 0 N–H and O–H groups in total. The topological polar surface area (TPSA) is 80.3 Å². The second kappa shape index (κ2) is 8.16. The number of hydrogen-bond acceptors (Lipinski definition) is 7. The van der Waals surface area contributed by atoms with E-state index in [1.54, 1.807) is 67.8 Å². The number of carbonyl (C=O) groups is 2. The van der Waals surface area contributed by atoms with Gasteiger partial charge in [0.15, 0.2) is 17.1 Å². The summed E-state index contributed by atoms with van der Waals surface area (Å²) in [6.45, 7) is 0. The number of benzene rings is 4. The van der Waals surface area contributed by atoms with Crippen molar-refractivity contribution in [1.82, 2.24) is 0 Å². The maximum Gasteiger partial charge on any atom is 0.343 e. The zero-order chi connectivity index (χ0) is 24.9. The molecule has 1 unspecified atom stereocenters. The van der Waals surface area contributed by atoms with E-state index in [9.17, 15) is 9.59 Å². The lowest BCUT2D eigenvalue weighted by atomic mass is 9.77. The van der Waals surface area contributed by atoms with Crippen LogP contribution in [0.25, 0.3) is 0 Å². The highest BCUT2D eigenvalue weighted by atomic mass is 16.6. The average molecular weight is 480 g/mol. The first kappa shape index (κ1) is 21.7. The highest BCUT2D eigenvalue weighted by molar-refractivity contribution is 5.97. The molecule has 2 aliphatic heterocycles. The quantitative estimate of drug-likeness (QED) is 0.282. The van der Waals surface area contributed by atoms with Gasteiger partial charge >= 0.3 is 11.9 Å². The van der Waals surface area contributed by atoms with E-state index in [2.05, 4.69) is 0 Å².